The lowest BCUT2D eigenvalue weighted by molar-refractivity contribution is 0.0459. The molecule has 0 spiro atoms. The van der Waals surface area contributed by atoms with Crippen LogP contribution in [0.5, 0.6) is 0 Å². The van der Waals surface area contributed by atoms with E-state index in [1.165, 1.54) is 61.8 Å². The Kier molecular flexibility index (Phi) is 3.66. The summed E-state index contributed by atoms with van der Waals surface area (Å²) in [7, 11) is 0. The Morgan fingerprint density at radius 3 is 2.81 bits per heavy atom. The predicted octanol–water partition coefficient (Wildman–Crippen LogP) is 3.51. The Morgan fingerprint density at radius 2 is 1.81 bits per heavy atom. The normalized spacial score (nSPS) is 24.1. The number of nitrogens with zero attached hydrogens (tertiary/aromatic N) is 2. The lowest BCUT2D eigenvalue weighted by atomic mass is 9.98. The van der Waals surface area contributed by atoms with Crippen LogP contribution in [0.25, 0.3) is 10.8 Å². The fourth-order valence-corrected chi connectivity index (χ4v) is 4.04. The lowest BCUT2D eigenvalue weighted by Gasteiger charge is -2.44. The van der Waals surface area contributed by atoms with Crippen LogP contribution in [0.3, 0.4) is 0 Å². The molecule has 110 valence electrons. The molecular formula is C19H24N2. The van der Waals surface area contributed by atoms with Crippen LogP contribution in [0.4, 0.5) is 0 Å². The smallest absolute Gasteiger partial charge is 0.0241 e. The molecule has 2 heterocycles. The minimum atomic E-state index is 0.808. The molecule has 2 fully saturated rings. The van der Waals surface area contributed by atoms with Gasteiger partial charge in [0.05, 0.1) is 0 Å². The van der Waals surface area contributed by atoms with Crippen molar-refractivity contribution < 1.29 is 0 Å². The van der Waals surface area contributed by atoms with Gasteiger partial charge in [0, 0.05) is 32.2 Å². The summed E-state index contributed by atoms with van der Waals surface area (Å²) < 4.78 is 0. The van der Waals surface area contributed by atoms with E-state index < -0.39 is 0 Å². The first kappa shape index (κ1) is 13.3. The molecule has 0 bridgehead atoms. The van der Waals surface area contributed by atoms with Gasteiger partial charge in [0.15, 0.2) is 0 Å². The quantitative estimate of drug-likeness (QED) is 0.830. The molecule has 0 radical (unpaired) electrons. The monoisotopic (exact) mass is 280 g/mol. The fraction of sp³-hybridized carbons (Fsp3) is 0.474. The summed E-state index contributed by atoms with van der Waals surface area (Å²) in [5.41, 5.74) is 1.48. The van der Waals surface area contributed by atoms with Crippen molar-refractivity contribution in [1.29, 1.82) is 0 Å². The minimum absolute atomic E-state index is 0.808. The van der Waals surface area contributed by atoms with Crippen molar-refractivity contribution in [2.24, 2.45) is 0 Å². The first-order chi connectivity index (χ1) is 10.4. The Balaban J connectivity index is 1.52. The second kappa shape index (κ2) is 5.78. The number of piperazine rings is 1. The first-order valence-electron chi connectivity index (χ1n) is 8.33. The Hall–Kier alpha value is -1.38. The van der Waals surface area contributed by atoms with Crippen molar-refractivity contribution in [3.8, 4) is 0 Å². The van der Waals surface area contributed by atoms with Gasteiger partial charge in [-0.05, 0) is 35.7 Å². The number of benzene rings is 2. The summed E-state index contributed by atoms with van der Waals surface area (Å²) >= 11 is 0. The molecule has 21 heavy (non-hydrogen) atoms. The van der Waals surface area contributed by atoms with E-state index in [1.54, 1.807) is 0 Å². The highest BCUT2D eigenvalue weighted by atomic mass is 15.3. The highest BCUT2D eigenvalue weighted by Gasteiger charge is 2.28. The Morgan fingerprint density at radius 1 is 0.905 bits per heavy atom. The summed E-state index contributed by atoms with van der Waals surface area (Å²) in [5, 5.41) is 2.79. The van der Waals surface area contributed by atoms with Crippen molar-refractivity contribution in [2.45, 2.75) is 31.8 Å². The molecule has 0 N–H and O–H groups in total. The van der Waals surface area contributed by atoms with Crippen molar-refractivity contribution in [1.82, 2.24) is 9.80 Å². The van der Waals surface area contributed by atoms with Gasteiger partial charge in [0.25, 0.3) is 0 Å². The third kappa shape index (κ3) is 2.70. The van der Waals surface area contributed by atoms with Crippen LogP contribution < -0.4 is 0 Å². The minimum Gasteiger partial charge on any atom is -0.298 e. The van der Waals surface area contributed by atoms with Crippen LogP contribution in [0.15, 0.2) is 42.5 Å². The van der Waals surface area contributed by atoms with Crippen LogP contribution in [0, 0.1) is 0 Å². The highest BCUT2D eigenvalue weighted by molar-refractivity contribution is 5.85. The SMILES string of the molecule is c1ccc2c(CN3CCN4CCCCC4C3)cccc2c1. The van der Waals surface area contributed by atoms with E-state index in [4.69, 9.17) is 0 Å². The maximum atomic E-state index is 2.71. The molecule has 0 saturated carbocycles. The van der Waals surface area contributed by atoms with Gasteiger partial charge in [-0.25, -0.2) is 0 Å². The molecule has 1 atom stereocenters. The Labute approximate surface area is 127 Å². The van der Waals surface area contributed by atoms with Gasteiger partial charge in [-0.1, -0.05) is 48.9 Å². The third-order valence-electron chi connectivity index (χ3n) is 5.20. The highest BCUT2D eigenvalue weighted by Crippen LogP contribution is 2.24. The molecular weight excluding hydrogens is 256 g/mol. The number of rotatable bonds is 2. The summed E-state index contributed by atoms with van der Waals surface area (Å²) in [5.74, 6) is 0. The zero-order valence-electron chi connectivity index (χ0n) is 12.7. The van der Waals surface area contributed by atoms with E-state index in [0.29, 0.717) is 0 Å². The van der Waals surface area contributed by atoms with E-state index in [2.05, 4.69) is 52.3 Å². The van der Waals surface area contributed by atoms with Gasteiger partial charge in [0.1, 0.15) is 0 Å². The first-order valence-corrected chi connectivity index (χ1v) is 8.33. The second-order valence-electron chi connectivity index (χ2n) is 6.56. The average Bonchev–Trinajstić information content (AvgIpc) is 2.55. The molecule has 2 aliphatic rings. The van der Waals surface area contributed by atoms with Crippen LogP contribution in [-0.4, -0.2) is 42.0 Å². The van der Waals surface area contributed by atoms with Gasteiger partial charge in [0.2, 0.25) is 0 Å². The van der Waals surface area contributed by atoms with E-state index in [0.717, 1.165) is 12.6 Å². The second-order valence-corrected chi connectivity index (χ2v) is 6.56. The molecule has 2 aromatic carbocycles. The fourth-order valence-electron chi connectivity index (χ4n) is 4.04. The van der Waals surface area contributed by atoms with Crippen molar-refractivity contribution >= 4 is 10.8 Å². The average molecular weight is 280 g/mol. The maximum Gasteiger partial charge on any atom is 0.0241 e. The third-order valence-corrected chi connectivity index (χ3v) is 5.20. The molecule has 1 unspecified atom stereocenters. The molecule has 2 saturated heterocycles. The lowest BCUT2D eigenvalue weighted by Crippen LogP contribution is -2.54. The molecule has 0 aromatic heterocycles. The van der Waals surface area contributed by atoms with Gasteiger partial charge in [-0.15, -0.1) is 0 Å². The molecule has 0 amide bonds. The zero-order chi connectivity index (χ0) is 14.1. The van der Waals surface area contributed by atoms with Crippen LogP contribution >= 0.6 is 0 Å². The summed E-state index contributed by atoms with van der Waals surface area (Å²) in [6.07, 6.45) is 4.22. The zero-order valence-corrected chi connectivity index (χ0v) is 12.7. The number of hydrogen-bond donors (Lipinski definition) is 0. The number of hydrogen-bond acceptors (Lipinski definition) is 2. The van der Waals surface area contributed by atoms with Crippen LogP contribution in [-0.2, 0) is 6.54 Å². The van der Waals surface area contributed by atoms with Gasteiger partial charge in [-0.3, -0.25) is 9.80 Å². The summed E-state index contributed by atoms with van der Waals surface area (Å²) in [4.78, 5) is 5.37. The maximum absolute atomic E-state index is 2.71. The largest absolute Gasteiger partial charge is 0.298 e. The molecule has 2 nitrogen and oxygen atoms in total. The number of fused-ring (bicyclic) bond motifs is 2. The van der Waals surface area contributed by atoms with Gasteiger partial charge < -0.3 is 0 Å². The van der Waals surface area contributed by atoms with Crippen LogP contribution in [0.2, 0.25) is 0 Å². The van der Waals surface area contributed by atoms with Gasteiger partial charge in [-0.2, -0.15) is 0 Å². The van der Waals surface area contributed by atoms with E-state index in [1.807, 2.05) is 0 Å². The summed E-state index contributed by atoms with van der Waals surface area (Å²) in [6.45, 7) is 6.16. The molecule has 2 heteroatoms. The molecule has 0 aliphatic carbocycles. The molecule has 2 aliphatic heterocycles. The number of piperidine rings is 1. The van der Waals surface area contributed by atoms with E-state index in [-0.39, 0.29) is 0 Å². The Bertz CT molecular complexity index is 616. The topological polar surface area (TPSA) is 6.48 Å². The summed E-state index contributed by atoms with van der Waals surface area (Å²) in [6, 6.07) is 16.3. The predicted molar refractivity (Wildman–Crippen MR) is 88.4 cm³/mol. The molecule has 2 aromatic rings. The van der Waals surface area contributed by atoms with Crippen molar-refractivity contribution in [3.63, 3.8) is 0 Å². The van der Waals surface area contributed by atoms with Crippen molar-refractivity contribution in [2.75, 3.05) is 26.2 Å². The van der Waals surface area contributed by atoms with Crippen molar-refractivity contribution in [3.05, 3.63) is 48.0 Å². The molecule has 4 rings (SSSR count). The van der Waals surface area contributed by atoms with Crippen LogP contribution in [0.1, 0.15) is 24.8 Å². The van der Waals surface area contributed by atoms with Gasteiger partial charge >= 0.3 is 0 Å². The van der Waals surface area contributed by atoms with E-state index >= 15 is 0 Å². The standard InChI is InChI=1S/C19H24N2/c1-2-10-19-16(6-1)7-5-8-17(19)14-20-12-13-21-11-4-3-9-18(21)15-20/h1-2,5-8,10,18H,3-4,9,11-15H2. The van der Waals surface area contributed by atoms with E-state index in [9.17, 15) is 0 Å².